The third-order valence-electron chi connectivity index (χ3n) is 2.95. The molecule has 0 bridgehead atoms. The number of nitrogens with two attached hydrogens (primary N) is 1. The maximum absolute atomic E-state index is 5.83. The van der Waals surface area contributed by atoms with E-state index in [1.54, 1.807) is 0 Å². The van der Waals surface area contributed by atoms with Gasteiger partial charge in [0.05, 0.1) is 16.2 Å². The first-order valence-electron chi connectivity index (χ1n) is 4.68. The van der Waals surface area contributed by atoms with E-state index in [9.17, 15) is 0 Å². The molecule has 1 aliphatic carbocycles. The van der Waals surface area contributed by atoms with Crippen LogP contribution in [0.4, 0.5) is 0 Å². The lowest BCUT2D eigenvalue weighted by Gasteiger charge is -2.27. The molecule has 0 unspecified atom stereocenters. The van der Waals surface area contributed by atoms with Gasteiger partial charge in [-0.3, -0.25) is 4.68 Å². The SMILES string of the molecule is NCC1(n2cc(Br)cn2)CCCC1. The zero-order valence-electron chi connectivity index (χ0n) is 7.54. The van der Waals surface area contributed by atoms with Gasteiger partial charge in [0.1, 0.15) is 0 Å². The predicted molar refractivity (Wildman–Crippen MR) is 55.4 cm³/mol. The van der Waals surface area contributed by atoms with Crippen LogP contribution in [0.15, 0.2) is 16.9 Å². The molecule has 4 heteroatoms. The Balaban J connectivity index is 2.30. The van der Waals surface area contributed by atoms with E-state index in [0.717, 1.165) is 17.3 Å². The maximum Gasteiger partial charge on any atom is 0.0749 e. The third-order valence-corrected chi connectivity index (χ3v) is 3.36. The molecular weight excluding hydrogens is 230 g/mol. The Morgan fingerprint density at radius 1 is 1.54 bits per heavy atom. The van der Waals surface area contributed by atoms with Gasteiger partial charge >= 0.3 is 0 Å². The number of rotatable bonds is 2. The van der Waals surface area contributed by atoms with Gasteiger partial charge < -0.3 is 5.73 Å². The Labute approximate surface area is 86.4 Å². The molecule has 2 rings (SSSR count). The van der Waals surface area contributed by atoms with Crippen LogP contribution >= 0.6 is 15.9 Å². The highest BCUT2D eigenvalue weighted by molar-refractivity contribution is 9.10. The van der Waals surface area contributed by atoms with Crippen LogP contribution in [0.2, 0.25) is 0 Å². The second-order valence-electron chi connectivity index (χ2n) is 3.74. The van der Waals surface area contributed by atoms with Crippen LogP contribution in [0, 0.1) is 0 Å². The van der Waals surface area contributed by atoms with Gasteiger partial charge in [0, 0.05) is 12.7 Å². The minimum Gasteiger partial charge on any atom is -0.328 e. The van der Waals surface area contributed by atoms with Crippen LogP contribution in [0.3, 0.4) is 0 Å². The molecule has 0 radical (unpaired) electrons. The van der Waals surface area contributed by atoms with E-state index >= 15 is 0 Å². The van der Waals surface area contributed by atoms with Gasteiger partial charge in [-0.25, -0.2) is 0 Å². The molecule has 72 valence electrons. The van der Waals surface area contributed by atoms with Crippen molar-refractivity contribution in [2.24, 2.45) is 5.73 Å². The molecule has 3 nitrogen and oxygen atoms in total. The summed E-state index contributed by atoms with van der Waals surface area (Å²) in [4.78, 5) is 0. The Morgan fingerprint density at radius 2 is 2.23 bits per heavy atom. The Kier molecular flexibility index (Phi) is 2.43. The van der Waals surface area contributed by atoms with Crippen molar-refractivity contribution in [2.75, 3.05) is 6.54 Å². The van der Waals surface area contributed by atoms with Crippen molar-refractivity contribution in [3.8, 4) is 0 Å². The van der Waals surface area contributed by atoms with Crippen LogP contribution < -0.4 is 5.73 Å². The van der Waals surface area contributed by atoms with Gasteiger partial charge in [-0.1, -0.05) is 12.8 Å². The minimum absolute atomic E-state index is 0.103. The lowest BCUT2D eigenvalue weighted by atomic mass is 9.98. The van der Waals surface area contributed by atoms with Crippen molar-refractivity contribution >= 4 is 15.9 Å². The van der Waals surface area contributed by atoms with Crippen molar-refractivity contribution in [3.05, 3.63) is 16.9 Å². The summed E-state index contributed by atoms with van der Waals surface area (Å²) in [5.74, 6) is 0. The van der Waals surface area contributed by atoms with Gasteiger partial charge in [-0.05, 0) is 28.8 Å². The standard InChI is InChI=1S/C9H14BrN3/c10-8-5-12-13(6-8)9(7-11)3-1-2-4-9/h5-6H,1-4,7,11H2. The first-order chi connectivity index (χ1) is 6.27. The van der Waals surface area contributed by atoms with E-state index in [-0.39, 0.29) is 5.54 Å². The molecule has 1 aromatic rings. The summed E-state index contributed by atoms with van der Waals surface area (Å²) in [5, 5.41) is 4.33. The van der Waals surface area contributed by atoms with Gasteiger partial charge in [0.15, 0.2) is 0 Å². The summed E-state index contributed by atoms with van der Waals surface area (Å²) in [6.07, 6.45) is 8.73. The van der Waals surface area contributed by atoms with E-state index in [2.05, 4.69) is 21.0 Å². The number of aromatic nitrogens is 2. The van der Waals surface area contributed by atoms with E-state index in [1.165, 1.54) is 12.8 Å². The Bertz CT molecular complexity index is 289. The summed E-state index contributed by atoms with van der Waals surface area (Å²) in [7, 11) is 0. The zero-order chi connectivity index (χ0) is 9.31. The fourth-order valence-electron chi connectivity index (χ4n) is 2.12. The Morgan fingerprint density at radius 3 is 2.69 bits per heavy atom. The monoisotopic (exact) mass is 243 g/mol. The third kappa shape index (κ3) is 1.53. The lowest BCUT2D eigenvalue weighted by Crippen LogP contribution is -2.38. The van der Waals surface area contributed by atoms with Gasteiger partial charge in [-0.2, -0.15) is 5.10 Å². The fourth-order valence-corrected chi connectivity index (χ4v) is 2.41. The number of hydrogen-bond acceptors (Lipinski definition) is 2. The van der Waals surface area contributed by atoms with Crippen molar-refractivity contribution < 1.29 is 0 Å². The topological polar surface area (TPSA) is 43.8 Å². The largest absolute Gasteiger partial charge is 0.328 e. The summed E-state index contributed by atoms with van der Waals surface area (Å²) < 4.78 is 3.07. The number of halogens is 1. The van der Waals surface area contributed by atoms with Gasteiger partial charge in [0.2, 0.25) is 0 Å². The smallest absolute Gasteiger partial charge is 0.0749 e. The molecule has 0 atom stereocenters. The average molecular weight is 244 g/mol. The molecule has 13 heavy (non-hydrogen) atoms. The Hall–Kier alpha value is -0.350. The highest BCUT2D eigenvalue weighted by Crippen LogP contribution is 2.35. The van der Waals surface area contributed by atoms with Gasteiger partial charge in [0.25, 0.3) is 0 Å². The van der Waals surface area contributed by atoms with E-state index < -0.39 is 0 Å². The van der Waals surface area contributed by atoms with E-state index in [0.29, 0.717) is 6.54 Å². The molecule has 1 aromatic heterocycles. The molecule has 0 saturated heterocycles. The molecule has 2 N–H and O–H groups in total. The fraction of sp³-hybridized carbons (Fsp3) is 0.667. The van der Waals surface area contributed by atoms with Crippen molar-refractivity contribution in [3.63, 3.8) is 0 Å². The summed E-state index contributed by atoms with van der Waals surface area (Å²) >= 11 is 3.41. The second kappa shape index (κ2) is 3.42. The molecule has 1 heterocycles. The molecule has 0 amide bonds. The molecule has 1 fully saturated rings. The van der Waals surface area contributed by atoms with Crippen LogP contribution in [-0.2, 0) is 5.54 Å². The molecule has 0 aliphatic heterocycles. The second-order valence-corrected chi connectivity index (χ2v) is 4.65. The zero-order valence-corrected chi connectivity index (χ0v) is 9.13. The van der Waals surface area contributed by atoms with E-state index in [4.69, 9.17) is 5.73 Å². The summed E-state index contributed by atoms with van der Waals surface area (Å²) in [6, 6.07) is 0. The van der Waals surface area contributed by atoms with Crippen LogP contribution in [0.5, 0.6) is 0 Å². The lowest BCUT2D eigenvalue weighted by molar-refractivity contribution is 0.273. The average Bonchev–Trinajstić information content (AvgIpc) is 2.73. The first kappa shape index (κ1) is 9.21. The molecule has 0 spiro atoms. The molecule has 1 saturated carbocycles. The number of hydrogen-bond donors (Lipinski definition) is 1. The van der Waals surface area contributed by atoms with Crippen molar-refractivity contribution in [1.29, 1.82) is 0 Å². The highest BCUT2D eigenvalue weighted by Gasteiger charge is 2.34. The van der Waals surface area contributed by atoms with Crippen molar-refractivity contribution in [1.82, 2.24) is 9.78 Å². The van der Waals surface area contributed by atoms with Gasteiger partial charge in [-0.15, -0.1) is 0 Å². The summed E-state index contributed by atoms with van der Waals surface area (Å²) in [6.45, 7) is 0.696. The molecule has 1 aliphatic rings. The highest BCUT2D eigenvalue weighted by atomic mass is 79.9. The quantitative estimate of drug-likeness (QED) is 0.863. The maximum atomic E-state index is 5.83. The minimum atomic E-state index is 0.103. The first-order valence-corrected chi connectivity index (χ1v) is 5.47. The van der Waals surface area contributed by atoms with Crippen LogP contribution in [0.25, 0.3) is 0 Å². The van der Waals surface area contributed by atoms with Crippen LogP contribution in [-0.4, -0.2) is 16.3 Å². The summed E-state index contributed by atoms with van der Waals surface area (Å²) in [5.41, 5.74) is 5.94. The van der Waals surface area contributed by atoms with Crippen molar-refractivity contribution in [2.45, 2.75) is 31.2 Å². The normalized spacial score (nSPS) is 20.8. The predicted octanol–water partition coefficient (Wildman–Crippen LogP) is 1.87. The molecule has 0 aromatic carbocycles. The van der Waals surface area contributed by atoms with E-state index in [1.807, 2.05) is 17.1 Å². The molecular formula is C9H14BrN3. The number of nitrogens with zero attached hydrogens (tertiary/aromatic N) is 2. The van der Waals surface area contributed by atoms with Crippen LogP contribution in [0.1, 0.15) is 25.7 Å².